The van der Waals surface area contributed by atoms with Crippen LogP contribution in [0.5, 0.6) is 0 Å². The Morgan fingerprint density at radius 3 is 2.75 bits per heavy atom. The first-order chi connectivity index (χ1) is 11.6. The number of aromatic amines is 1. The van der Waals surface area contributed by atoms with Crippen molar-refractivity contribution >= 4 is 23.3 Å². The van der Waals surface area contributed by atoms with Crippen molar-refractivity contribution in [1.82, 2.24) is 20.1 Å². The lowest BCUT2D eigenvalue weighted by atomic mass is 10.2. The molecule has 8 nitrogen and oxygen atoms in total. The number of rotatable bonds is 4. The molecule has 0 radical (unpaired) electrons. The van der Waals surface area contributed by atoms with Crippen LogP contribution in [-0.4, -0.2) is 57.9 Å². The normalized spacial score (nSPS) is 15.6. The maximum absolute atomic E-state index is 8.26. The number of amidine groups is 2. The number of nitrogens with two attached hydrogens (primary N) is 1. The number of hydrogen-bond acceptors (Lipinski definition) is 5. The van der Waals surface area contributed by atoms with Crippen molar-refractivity contribution in [3.8, 4) is 0 Å². The third-order valence-electron chi connectivity index (χ3n) is 3.93. The fourth-order valence-corrected chi connectivity index (χ4v) is 2.68. The lowest BCUT2D eigenvalue weighted by Gasteiger charge is -2.36. The van der Waals surface area contributed by atoms with Gasteiger partial charge >= 0.3 is 0 Å². The van der Waals surface area contributed by atoms with Crippen molar-refractivity contribution in [3.63, 3.8) is 0 Å². The molecule has 126 valence electrons. The number of nitrogens with zero attached hydrogens (tertiary/aromatic N) is 5. The molecule has 0 aromatic carbocycles. The van der Waals surface area contributed by atoms with E-state index in [2.05, 4.69) is 25.1 Å². The van der Waals surface area contributed by atoms with Gasteiger partial charge in [0.15, 0.2) is 5.82 Å². The molecule has 3 heterocycles. The SMILES string of the molecule is Cc1cc(N=C(N)CC(=N)N2CCN(c3ccccn3)CC2)n[nH]1. The van der Waals surface area contributed by atoms with E-state index in [1.54, 1.807) is 6.20 Å². The van der Waals surface area contributed by atoms with Gasteiger partial charge in [-0.15, -0.1) is 0 Å². The summed E-state index contributed by atoms with van der Waals surface area (Å²) in [6.45, 7) is 5.16. The van der Waals surface area contributed by atoms with Crippen LogP contribution < -0.4 is 10.6 Å². The van der Waals surface area contributed by atoms with Crippen molar-refractivity contribution < 1.29 is 0 Å². The maximum Gasteiger partial charge on any atom is 0.175 e. The molecule has 0 aliphatic carbocycles. The molecule has 0 bridgehead atoms. The number of pyridine rings is 1. The third-order valence-corrected chi connectivity index (χ3v) is 3.93. The Labute approximate surface area is 140 Å². The predicted molar refractivity (Wildman–Crippen MR) is 95.0 cm³/mol. The van der Waals surface area contributed by atoms with Crippen LogP contribution in [0.25, 0.3) is 0 Å². The molecule has 0 saturated carbocycles. The van der Waals surface area contributed by atoms with Gasteiger partial charge in [-0.25, -0.2) is 9.98 Å². The summed E-state index contributed by atoms with van der Waals surface area (Å²) in [5, 5.41) is 15.1. The highest BCUT2D eigenvalue weighted by Gasteiger charge is 2.20. The minimum absolute atomic E-state index is 0.329. The van der Waals surface area contributed by atoms with E-state index in [9.17, 15) is 0 Å². The second-order valence-electron chi connectivity index (χ2n) is 5.80. The topological polar surface area (TPSA) is 110 Å². The van der Waals surface area contributed by atoms with E-state index in [-0.39, 0.29) is 0 Å². The molecular formula is C16H22N8. The van der Waals surface area contributed by atoms with Crippen LogP contribution >= 0.6 is 0 Å². The van der Waals surface area contributed by atoms with Crippen molar-refractivity contribution in [2.24, 2.45) is 10.7 Å². The standard InChI is InChI=1S/C16H22N8/c1-12-10-15(22-21-12)20-13(17)11-14(18)23-6-8-24(9-7-23)16-4-2-3-5-19-16/h2-5,10,18H,6-9,11H2,1H3,(H3,17,20,21,22). The minimum atomic E-state index is 0.329. The average molecular weight is 326 g/mol. The zero-order valence-electron chi connectivity index (χ0n) is 13.7. The summed E-state index contributed by atoms with van der Waals surface area (Å²) in [6, 6.07) is 7.74. The van der Waals surface area contributed by atoms with Crippen LogP contribution in [0.3, 0.4) is 0 Å². The van der Waals surface area contributed by atoms with Gasteiger partial charge in [0.1, 0.15) is 17.5 Å². The van der Waals surface area contributed by atoms with Gasteiger partial charge in [0, 0.05) is 44.1 Å². The van der Waals surface area contributed by atoms with Gasteiger partial charge in [0.05, 0.1) is 6.42 Å². The highest BCUT2D eigenvalue weighted by atomic mass is 15.3. The Balaban J connectivity index is 1.52. The molecule has 8 heteroatoms. The molecule has 0 unspecified atom stereocenters. The first-order valence-electron chi connectivity index (χ1n) is 7.95. The number of H-pyrrole nitrogens is 1. The molecular weight excluding hydrogens is 304 g/mol. The zero-order valence-corrected chi connectivity index (χ0v) is 13.7. The van der Waals surface area contributed by atoms with Crippen molar-refractivity contribution in [2.75, 3.05) is 31.1 Å². The Hall–Kier alpha value is -2.90. The van der Waals surface area contributed by atoms with Gasteiger partial charge in [0.25, 0.3) is 0 Å². The Morgan fingerprint density at radius 2 is 2.12 bits per heavy atom. The molecule has 4 N–H and O–H groups in total. The molecule has 1 aliphatic heterocycles. The molecule has 2 aromatic heterocycles. The number of hydrogen-bond donors (Lipinski definition) is 3. The summed E-state index contributed by atoms with van der Waals surface area (Å²) < 4.78 is 0. The van der Waals surface area contributed by atoms with Crippen LogP contribution in [-0.2, 0) is 0 Å². The minimum Gasteiger partial charge on any atom is -0.387 e. The van der Waals surface area contributed by atoms with E-state index in [4.69, 9.17) is 11.1 Å². The highest BCUT2D eigenvalue weighted by molar-refractivity contribution is 6.01. The Kier molecular flexibility index (Phi) is 4.74. The summed E-state index contributed by atoms with van der Waals surface area (Å²) in [5.41, 5.74) is 6.88. The molecule has 1 fully saturated rings. The van der Waals surface area contributed by atoms with Crippen LogP contribution in [0.4, 0.5) is 11.6 Å². The van der Waals surface area contributed by atoms with E-state index in [1.165, 1.54) is 0 Å². The average Bonchev–Trinajstić information content (AvgIpc) is 3.00. The van der Waals surface area contributed by atoms with Gasteiger partial charge in [-0.2, -0.15) is 5.10 Å². The van der Waals surface area contributed by atoms with E-state index in [0.29, 0.717) is 23.9 Å². The molecule has 0 atom stereocenters. The fraction of sp³-hybridized carbons (Fsp3) is 0.375. The second kappa shape index (κ2) is 7.12. The zero-order chi connectivity index (χ0) is 16.9. The highest BCUT2D eigenvalue weighted by Crippen LogP contribution is 2.13. The first kappa shape index (κ1) is 16.0. The van der Waals surface area contributed by atoms with Crippen molar-refractivity contribution in [3.05, 3.63) is 36.2 Å². The molecule has 24 heavy (non-hydrogen) atoms. The van der Waals surface area contributed by atoms with Crippen molar-refractivity contribution in [1.29, 1.82) is 5.41 Å². The fourth-order valence-electron chi connectivity index (χ4n) is 2.68. The van der Waals surface area contributed by atoms with Crippen LogP contribution in [0.1, 0.15) is 12.1 Å². The summed E-state index contributed by atoms with van der Waals surface area (Å²) >= 11 is 0. The van der Waals surface area contributed by atoms with Gasteiger partial charge in [-0.3, -0.25) is 10.5 Å². The van der Waals surface area contributed by atoms with E-state index < -0.39 is 0 Å². The predicted octanol–water partition coefficient (Wildman–Crippen LogP) is 1.29. The summed E-state index contributed by atoms with van der Waals surface area (Å²) in [5.74, 6) is 2.43. The van der Waals surface area contributed by atoms with Gasteiger partial charge in [-0.1, -0.05) is 6.07 Å². The first-order valence-corrected chi connectivity index (χ1v) is 7.95. The number of aromatic nitrogens is 3. The van der Waals surface area contributed by atoms with Gasteiger partial charge in [-0.05, 0) is 19.1 Å². The van der Waals surface area contributed by atoms with Crippen LogP contribution in [0, 0.1) is 12.3 Å². The quantitative estimate of drug-likeness (QED) is 0.579. The number of aliphatic imine (C=N–C) groups is 1. The summed E-state index contributed by atoms with van der Waals surface area (Å²) in [4.78, 5) is 12.9. The Bertz CT molecular complexity index is 713. The monoisotopic (exact) mass is 326 g/mol. The van der Waals surface area contributed by atoms with Gasteiger partial charge in [0.2, 0.25) is 0 Å². The smallest absolute Gasteiger partial charge is 0.175 e. The lowest BCUT2D eigenvalue weighted by Crippen LogP contribution is -2.49. The molecule has 1 saturated heterocycles. The number of nitrogens with one attached hydrogen (secondary N) is 2. The maximum atomic E-state index is 8.26. The lowest BCUT2D eigenvalue weighted by molar-refractivity contribution is 0.378. The van der Waals surface area contributed by atoms with E-state index in [1.807, 2.05) is 36.1 Å². The molecule has 0 spiro atoms. The van der Waals surface area contributed by atoms with Crippen LogP contribution in [0.2, 0.25) is 0 Å². The largest absolute Gasteiger partial charge is 0.387 e. The van der Waals surface area contributed by atoms with E-state index in [0.717, 1.165) is 37.7 Å². The summed E-state index contributed by atoms with van der Waals surface area (Å²) in [6.07, 6.45) is 2.13. The molecule has 3 rings (SSSR count). The van der Waals surface area contributed by atoms with Gasteiger partial charge < -0.3 is 15.5 Å². The number of anilines is 1. The number of piperazine rings is 1. The Morgan fingerprint density at radius 1 is 1.33 bits per heavy atom. The molecule has 0 amide bonds. The molecule has 1 aliphatic rings. The van der Waals surface area contributed by atoms with Crippen molar-refractivity contribution in [2.45, 2.75) is 13.3 Å². The second-order valence-corrected chi connectivity index (χ2v) is 5.80. The molecule has 2 aromatic rings. The van der Waals surface area contributed by atoms with E-state index >= 15 is 0 Å². The van der Waals surface area contributed by atoms with Crippen LogP contribution in [0.15, 0.2) is 35.5 Å². The number of aryl methyl sites for hydroxylation is 1. The third kappa shape index (κ3) is 3.89. The summed E-state index contributed by atoms with van der Waals surface area (Å²) in [7, 11) is 0.